The highest BCUT2D eigenvalue weighted by Gasteiger charge is 2.19. The van der Waals surface area contributed by atoms with Gasteiger partial charge in [-0.3, -0.25) is 0 Å². The van der Waals surface area contributed by atoms with Crippen LogP contribution in [0.15, 0.2) is 36.4 Å². The molecule has 0 saturated carbocycles. The fraction of sp³-hybridized carbons (Fsp3) is 0.267. The molecule has 3 rings (SSSR count). The second kappa shape index (κ2) is 5.10. The minimum Gasteiger partial charge on any atom is -0.373 e. The fourth-order valence-electron chi connectivity index (χ4n) is 2.49. The van der Waals surface area contributed by atoms with Crippen molar-refractivity contribution < 1.29 is 0 Å². The van der Waals surface area contributed by atoms with Gasteiger partial charge in [-0.15, -0.1) is 0 Å². The Hall–Kier alpha value is -1.74. The molecule has 0 aliphatic carbocycles. The van der Waals surface area contributed by atoms with E-state index >= 15 is 0 Å². The number of hydrogen-bond donors (Lipinski definition) is 1. The van der Waals surface area contributed by atoms with E-state index in [1.165, 1.54) is 11.3 Å². The van der Waals surface area contributed by atoms with Crippen LogP contribution in [0.3, 0.4) is 0 Å². The summed E-state index contributed by atoms with van der Waals surface area (Å²) in [5.41, 5.74) is 3.63. The highest BCUT2D eigenvalue weighted by Crippen LogP contribution is 2.30. The Morgan fingerprint density at radius 1 is 1.26 bits per heavy atom. The molecule has 1 aromatic heterocycles. The van der Waals surface area contributed by atoms with Gasteiger partial charge in [0.1, 0.15) is 5.82 Å². The molecule has 0 amide bonds. The van der Waals surface area contributed by atoms with Crippen LogP contribution in [0.4, 0.5) is 11.5 Å². The van der Waals surface area contributed by atoms with Gasteiger partial charge in [-0.05, 0) is 30.2 Å². The van der Waals surface area contributed by atoms with Crippen molar-refractivity contribution in [1.29, 1.82) is 0 Å². The maximum absolute atomic E-state index is 6.24. The van der Waals surface area contributed by atoms with Crippen molar-refractivity contribution in [3.63, 3.8) is 0 Å². The molecule has 0 fully saturated rings. The van der Waals surface area contributed by atoms with E-state index in [1.54, 1.807) is 0 Å². The SMILES string of the molecule is CNc1ccc(Cl)c(CN2CCc3ccccc32)n1. The number of anilines is 2. The first-order valence-electron chi connectivity index (χ1n) is 6.44. The van der Waals surface area contributed by atoms with Crippen molar-refractivity contribution in [1.82, 2.24) is 4.98 Å². The minimum absolute atomic E-state index is 0.725. The van der Waals surface area contributed by atoms with Crippen molar-refractivity contribution in [2.45, 2.75) is 13.0 Å². The normalized spacial score (nSPS) is 13.5. The van der Waals surface area contributed by atoms with E-state index in [0.29, 0.717) is 0 Å². The monoisotopic (exact) mass is 273 g/mol. The zero-order valence-corrected chi connectivity index (χ0v) is 11.6. The third kappa shape index (κ3) is 2.38. The second-order valence-corrected chi connectivity index (χ2v) is 5.08. The molecular weight excluding hydrogens is 258 g/mol. The Balaban J connectivity index is 1.87. The van der Waals surface area contributed by atoms with Crippen LogP contribution in [-0.4, -0.2) is 18.6 Å². The molecule has 1 N–H and O–H groups in total. The van der Waals surface area contributed by atoms with Crippen LogP contribution in [-0.2, 0) is 13.0 Å². The number of pyridine rings is 1. The number of halogens is 1. The molecular formula is C15H16ClN3. The summed E-state index contributed by atoms with van der Waals surface area (Å²) in [6.45, 7) is 1.78. The third-order valence-corrected chi connectivity index (χ3v) is 3.84. The van der Waals surface area contributed by atoms with Gasteiger partial charge in [0.25, 0.3) is 0 Å². The zero-order valence-electron chi connectivity index (χ0n) is 10.9. The Morgan fingerprint density at radius 3 is 2.95 bits per heavy atom. The van der Waals surface area contributed by atoms with E-state index in [4.69, 9.17) is 11.6 Å². The van der Waals surface area contributed by atoms with Crippen LogP contribution >= 0.6 is 11.6 Å². The van der Waals surface area contributed by atoms with Gasteiger partial charge in [-0.25, -0.2) is 4.98 Å². The van der Waals surface area contributed by atoms with Crippen molar-refractivity contribution in [3.8, 4) is 0 Å². The predicted molar refractivity (Wildman–Crippen MR) is 80.0 cm³/mol. The number of nitrogens with one attached hydrogen (secondary N) is 1. The third-order valence-electron chi connectivity index (χ3n) is 3.50. The first kappa shape index (κ1) is 12.3. The van der Waals surface area contributed by atoms with Gasteiger partial charge >= 0.3 is 0 Å². The molecule has 0 bridgehead atoms. The highest BCUT2D eigenvalue weighted by atomic mass is 35.5. The van der Waals surface area contributed by atoms with Crippen molar-refractivity contribution in [2.24, 2.45) is 0 Å². The first-order valence-corrected chi connectivity index (χ1v) is 6.82. The number of hydrogen-bond acceptors (Lipinski definition) is 3. The van der Waals surface area contributed by atoms with Crippen LogP contribution in [0.1, 0.15) is 11.3 Å². The quantitative estimate of drug-likeness (QED) is 0.930. The van der Waals surface area contributed by atoms with Gasteiger partial charge < -0.3 is 10.2 Å². The summed E-state index contributed by atoms with van der Waals surface area (Å²) >= 11 is 6.24. The average Bonchev–Trinajstić information content (AvgIpc) is 2.85. The standard InChI is InChI=1S/C15H16ClN3/c1-17-15-7-6-12(16)13(18-15)10-19-9-8-11-4-2-3-5-14(11)19/h2-7H,8-10H2,1H3,(H,17,18). The number of rotatable bonds is 3. The summed E-state index contributed by atoms with van der Waals surface area (Å²) in [4.78, 5) is 6.88. The van der Waals surface area contributed by atoms with Gasteiger partial charge in [0.2, 0.25) is 0 Å². The van der Waals surface area contributed by atoms with Crippen molar-refractivity contribution in [3.05, 3.63) is 52.7 Å². The first-order chi connectivity index (χ1) is 9.28. The Bertz CT molecular complexity index is 598. The molecule has 2 aromatic rings. The number of aromatic nitrogens is 1. The maximum Gasteiger partial charge on any atom is 0.126 e. The lowest BCUT2D eigenvalue weighted by Gasteiger charge is -2.19. The number of nitrogens with zero attached hydrogens (tertiary/aromatic N) is 2. The lowest BCUT2D eigenvalue weighted by Crippen LogP contribution is -2.20. The fourth-order valence-corrected chi connectivity index (χ4v) is 2.65. The molecule has 1 aromatic carbocycles. The van der Waals surface area contributed by atoms with Crippen LogP contribution < -0.4 is 10.2 Å². The lowest BCUT2D eigenvalue weighted by atomic mass is 10.2. The molecule has 1 aliphatic rings. The summed E-state index contributed by atoms with van der Waals surface area (Å²) < 4.78 is 0. The topological polar surface area (TPSA) is 28.2 Å². The zero-order chi connectivity index (χ0) is 13.2. The summed E-state index contributed by atoms with van der Waals surface area (Å²) in [5, 5.41) is 3.78. The van der Waals surface area contributed by atoms with E-state index in [0.717, 1.165) is 36.0 Å². The van der Waals surface area contributed by atoms with Crippen LogP contribution in [0.25, 0.3) is 0 Å². The molecule has 0 radical (unpaired) electrons. The smallest absolute Gasteiger partial charge is 0.126 e. The van der Waals surface area contributed by atoms with E-state index in [1.807, 2.05) is 19.2 Å². The van der Waals surface area contributed by atoms with Gasteiger partial charge in [0, 0.05) is 19.3 Å². The molecule has 4 heteroatoms. The lowest BCUT2D eigenvalue weighted by molar-refractivity contribution is 0.815. The van der Waals surface area contributed by atoms with Gasteiger partial charge in [0.15, 0.2) is 0 Å². The Morgan fingerprint density at radius 2 is 2.11 bits per heavy atom. The van der Waals surface area contributed by atoms with Crippen molar-refractivity contribution in [2.75, 3.05) is 23.8 Å². The summed E-state index contributed by atoms with van der Waals surface area (Å²) in [7, 11) is 1.87. The van der Waals surface area contributed by atoms with E-state index in [2.05, 4.69) is 39.5 Å². The summed E-state index contributed by atoms with van der Waals surface area (Å²) in [6.07, 6.45) is 1.10. The Labute approximate surface area is 118 Å². The molecule has 98 valence electrons. The van der Waals surface area contributed by atoms with E-state index in [-0.39, 0.29) is 0 Å². The summed E-state index contributed by atoms with van der Waals surface area (Å²) in [5.74, 6) is 0.854. The number of para-hydroxylation sites is 1. The molecule has 19 heavy (non-hydrogen) atoms. The Kier molecular flexibility index (Phi) is 3.30. The predicted octanol–water partition coefficient (Wildman–Crippen LogP) is 3.34. The maximum atomic E-state index is 6.24. The minimum atomic E-state index is 0.725. The average molecular weight is 274 g/mol. The second-order valence-electron chi connectivity index (χ2n) is 4.68. The number of fused-ring (bicyclic) bond motifs is 1. The van der Waals surface area contributed by atoms with Gasteiger partial charge in [-0.1, -0.05) is 29.8 Å². The van der Waals surface area contributed by atoms with Crippen LogP contribution in [0.5, 0.6) is 0 Å². The summed E-state index contributed by atoms with van der Waals surface area (Å²) in [6, 6.07) is 12.3. The molecule has 0 atom stereocenters. The highest BCUT2D eigenvalue weighted by molar-refractivity contribution is 6.31. The molecule has 0 unspecified atom stereocenters. The molecule has 1 aliphatic heterocycles. The molecule has 2 heterocycles. The molecule has 0 spiro atoms. The van der Waals surface area contributed by atoms with Crippen molar-refractivity contribution >= 4 is 23.1 Å². The van der Waals surface area contributed by atoms with E-state index < -0.39 is 0 Å². The van der Waals surface area contributed by atoms with E-state index in [9.17, 15) is 0 Å². The molecule has 0 saturated heterocycles. The van der Waals surface area contributed by atoms with Gasteiger partial charge in [0.05, 0.1) is 17.3 Å². The van der Waals surface area contributed by atoms with Crippen LogP contribution in [0.2, 0.25) is 5.02 Å². The van der Waals surface area contributed by atoms with Crippen LogP contribution in [0, 0.1) is 0 Å². The molecule has 3 nitrogen and oxygen atoms in total. The van der Waals surface area contributed by atoms with Gasteiger partial charge in [-0.2, -0.15) is 0 Å². The number of benzene rings is 1. The largest absolute Gasteiger partial charge is 0.373 e.